The SMILES string of the molecule is Ic1cc(I)cc(-c2noc(CSc3nnc(-c4ccncc4)o3)n2)c1. The second kappa shape index (κ2) is 8.00. The first-order chi connectivity index (χ1) is 12.7. The Labute approximate surface area is 179 Å². The van der Waals surface area contributed by atoms with E-state index in [-0.39, 0.29) is 0 Å². The Morgan fingerprint density at radius 1 is 0.962 bits per heavy atom. The van der Waals surface area contributed by atoms with Gasteiger partial charge < -0.3 is 8.94 Å². The molecule has 3 aromatic heterocycles. The zero-order valence-corrected chi connectivity index (χ0v) is 18.1. The van der Waals surface area contributed by atoms with E-state index in [4.69, 9.17) is 8.94 Å². The fourth-order valence-corrected chi connectivity index (χ4v) is 4.65. The van der Waals surface area contributed by atoms with Gasteiger partial charge in [-0.25, -0.2) is 0 Å². The molecule has 0 aliphatic rings. The van der Waals surface area contributed by atoms with E-state index < -0.39 is 0 Å². The first-order valence-electron chi connectivity index (χ1n) is 7.33. The molecular formula is C16H9I2N5O2S. The summed E-state index contributed by atoms with van der Waals surface area (Å²) in [5, 5.41) is 12.6. The molecule has 4 rings (SSSR count). The van der Waals surface area contributed by atoms with Gasteiger partial charge in [-0.15, -0.1) is 10.2 Å². The third-order valence-corrected chi connectivity index (χ3v) is 5.29. The minimum atomic E-state index is 0.445. The first-order valence-corrected chi connectivity index (χ1v) is 10.5. The van der Waals surface area contributed by atoms with Crippen LogP contribution in [-0.2, 0) is 5.75 Å². The maximum absolute atomic E-state index is 5.64. The molecule has 0 aliphatic heterocycles. The van der Waals surface area contributed by atoms with Gasteiger partial charge in [-0.3, -0.25) is 4.98 Å². The van der Waals surface area contributed by atoms with E-state index in [0.717, 1.165) is 18.3 Å². The number of aromatic nitrogens is 5. The molecule has 26 heavy (non-hydrogen) atoms. The number of halogens is 2. The first kappa shape index (κ1) is 17.9. The number of benzene rings is 1. The maximum atomic E-state index is 5.64. The number of thioether (sulfide) groups is 1. The summed E-state index contributed by atoms with van der Waals surface area (Å²) >= 11 is 5.89. The molecule has 130 valence electrons. The van der Waals surface area contributed by atoms with E-state index in [1.165, 1.54) is 11.8 Å². The smallest absolute Gasteiger partial charge is 0.277 e. The minimum Gasteiger partial charge on any atom is -0.411 e. The number of hydrogen-bond donors (Lipinski definition) is 0. The molecule has 0 radical (unpaired) electrons. The van der Waals surface area contributed by atoms with Crippen molar-refractivity contribution in [3.05, 3.63) is 55.8 Å². The van der Waals surface area contributed by atoms with Crippen molar-refractivity contribution in [2.45, 2.75) is 11.0 Å². The average Bonchev–Trinajstić information content (AvgIpc) is 3.29. The van der Waals surface area contributed by atoms with Gasteiger partial charge in [0.2, 0.25) is 17.6 Å². The number of pyridine rings is 1. The Balaban J connectivity index is 1.44. The molecule has 3 heterocycles. The molecule has 10 heteroatoms. The van der Waals surface area contributed by atoms with Crippen molar-refractivity contribution in [1.29, 1.82) is 0 Å². The lowest BCUT2D eigenvalue weighted by Crippen LogP contribution is -1.85. The van der Waals surface area contributed by atoms with Gasteiger partial charge in [0.05, 0.1) is 5.75 Å². The van der Waals surface area contributed by atoms with Gasteiger partial charge in [0.15, 0.2) is 0 Å². The molecule has 0 aliphatic carbocycles. The van der Waals surface area contributed by atoms with E-state index in [9.17, 15) is 0 Å². The fourth-order valence-electron chi connectivity index (χ4n) is 2.12. The van der Waals surface area contributed by atoms with Crippen molar-refractivity contribution in [2.75, 3.05) is 0 Å². The van der Waals surface area contributed by atoms with E-state index in [0.29, 0.717) is 28.6 Å². The van der Waals surface area contributed by atoms with Crippen LogP contribution in [0.4, 0.5) is 0 Å². The second-order valence-corrected chi connectivity index (χ2v) is 8.49. The lowest BCUT2D eigenvalue weighted by molar-refractivity contribution is 0.391. The second-order valence-electron chi connectivity index (χ2n) is 5.07. The summed E-state index contributed by atoms with van der Waals surface area (Å²) in [6.07, 6.45) is 3.36. The minimum absolute atomic E-state index is 0.445. The zero-order chi connectivity index (χ0) is 17.9. The van der Waals surface area contributed by atoms with Crippen LogP contribution in [0.2, 0.25) is 0 Å². The molecule has 0 amide bonds. The molecule has 0 saturated carbocycles. The van der Waals surface area contributed by atoms with Crippen LogP contribution in [0.15, 0.2) is 56.9 Å². The van der Waals surface area contributed by atoms with Crippen LogP contribution >= 0.6 is 56.9 Å². The predicted molar refractivity (Wildman–Crippen MR) is 112 cm³/mol. The highest BCUT2D eigenvalue weighted by atomic mass is 127. The van der Waals surface area contributed by atoms with Crippen LogP contribution < -0.4 is 0 Å². The summed E-state index contributed by atoms with van der Waals surface area (Å²) in [4.78, 5) is 8.41. The van der Waals surface area contributed by atoms with Crippen LogP contribution in [0.3, 0.4) is 0 Å². The van der Waals surface area contributed by atoms with Crippen LogP contribution in [-0.4, -0.2) is 25.3 Å². The van der Waals surface area contributed by atoms with Crippen molar-refractivity contribution in [3.63, 3.8) is 0 Å². The molecule has 7 nitrogen and oxygen atoms in total. The standard InChI is InChI=1S/C16H9I2N5O2S/c17-11-5-10(6-12(18)7-11)14-20-13(25-23-14)8-26-16-22-21-15(24-16)9-1-3-19-4-2-9/h1-7H,8H2. The van der Waals surface area contributed by atoms with E-state index in [2.05, 4.69) is 76.6 Å². The monoisotopic (exact) mass is 589 g/mol. The van der Waals surface area contributed by atoms with Gasteiger partial charge in [0.25, 0.3) is 5.22 Å². The Kier molecular flexibility index (Phi) is 5.49. The fraction of sp³-hybridized carbons (Fsp3) is 0.0625. The maximum Gasteiger partial charge on any atom is 0.277 e. The third-order valence-electron chi connectivity index (χ3n) is 3.24. The largest absolute Gasteiger partial charge is 0.411 e. The summed E-state index contributed by atoms with van der Waals surface area (Å²) in [6, 6.07) is 9.74. The Bertz CT molecular complexity index is 1020. The summed E-state index contributed by atoms with van der Waals surface area (Å²) in [7, 11) is 0. The molecular weight excluding hydrogens is 580 g/mol. The number of hydrogen-bond acceptors (Lipinski definition) is 8. The highest BCUT2D eigenvalue weighted by Gasteiger charge is 2.13. The third kappa shape index (κ3) is 4.23. The summed E-state index contributed by atoms with van der Waals surface area (Å²) in [5.74, 6) is 1.98. The molecule has 0 fully saturated rings. The molecule has 1 aromatic carbocycles. The van der Waals surface area contributed by atoms with Gasteiger partial charge in [0, 0.05) is 30.7 Å². The van der Waals surface area contributed by atoms with E-state index >= 15 is 0 Å². The molecule has 0 unspecified atom stereocenters. The van der Waals surface area contributed by atoms with Gasteiger partial charge >= 0.3 is 0 Å². The average molecular weight is 589 g/mol. The van der Waals surface area contributed by atoms with Crippen LogP contribution in [0.1, 0.15) is 5.89 Å². The quantitative estimate of drug-likeness (QED) is 0.245. The van der Waals surface area contributed by atoms with Crippen molar-refractivity contribution >= 4 is 56.9 Å². The van der Waals surface area contributed by atoms with E-state index in [1.807, 2.05) is 24.3 Å². The Morgan fingerprint density at radius 3 is 2.50 bits per heavy atom. The highest BCUT2D eigenvalue weighted by molar-refractivity contribution is 14.1. The topological polar surface area (TPSA) is 90.7 Å². The lowest BCUT2D eigenvalue weighted by atomic mass is 10.2. The van der Waals surface area contributed by atoms with E-state index in [1.54, 1.807) is 12.4 Å². The highest BCUT2D eigenvalue weighted by Crippen LogP contribution is 2.26. The molecule has 4 aromatic rings. The predicted octanol–water partition coefficient (Wildman–Crippen LogP) is 4.68. The van der Waals surface area contributed by atoms with Crippen molar-refractivity contribution in [3.8, 4) is 22.8 Å². The summed E-state index contributed by atoms with van der Waals surface area (Å²) in [5.41, 5.74) is 1.76. The van der Waals surface area contributed by atoms with Gasteiger partial charge in [0.1, 0.15) is 0 Å². The molecule has 0 N–H and O–H groups in total. The zero-order valence-electron chi connectivity index (χ0n) is 13.0. The number of rotatable bonds is 5. The molecule has 0 atom stereocenters. The van der Waals surface area contributed by atoms with Crippen LogP contribution in [0.25, 0.3) is 22.8 Å². The molecule has 0 spiro atoms. The molecule has 0 bridgehead atoms. The normalized spacial score (nSPS) is 11.0. The Morgan fingerprint density at radius 2 is 1.73 bits per heavy atom. The van der Waals surface area contributed by atoms with Crippen molar-refractivity contribution in [1.82, 2.24) is 25.3 Å². The van der Waals surface area contributed by atoms with Crippen LogP contribution in [0, 0.1) is 7.14 Å². The number of nitrogens with zero attached hydrogens (tertiary/aromatic N) is 5. The Hall–Kier alpha value is -1.54. The lowest BCUT2D eigenvalue weighted by Gasteiger charge is -1.97. The van der Waals surface area contributed by atoms with Gasteiger partial charge in [-0.2, -0.15) is 4.98 Å². The van der Waals surface area contributed by atoms with Gasteiger partial charge in [-0.1, -0.05) is 16.9 Å². The summed E-state index contributed by atoms with van der Waals surface area (Å²) in [6.45, 7) is 0. The van der Waals surface area contributed by atoms with Crippen LogP contribution in [0.5, 0.6) is 0 Å². The van der Waals surface area contributed by atoms with Crippen molar-refractivity contribution in [2.24, 2.45) is 0 Å². The summed E-state index contributed by atoms with van der Waals surface area (Å²) < 4.78 is 13.2. The van der Waals surface area contributed by atoms with Gasteiger partial charge in [-0.05, 0) is 75.5 Å². The van der Waals surface area contributed by atoms with Crippen molar-refractivity contribution < 1.29 is 8.94 Å². The molecule has 0 saturated heterocycles.